The Balaban J connectivity index is 2.56. The lowest BCUT2D eigenvalue weighted by Crippen LogP contribution is -2.24. The first-order valence-corrected chi connectivity index (χ1v) is 4.79. The van der Waals surface area contributed by atoms with Gasteiger partial charge in [-0.2, -0.15) is 0 Å². The zero-order chi connectivity index (χ0) is 12.0. The van der Waals surface area contributed by atoms with Crippen molar-refractivity contribution in [2.75, 3.05) is 7.05 Å². The molecule has 0 atom stereocenters. The molecule has 0 radical (unpaired) electrons. The Hall–Kier alpha value is -2.10. The Morgan fingerprint density at radius 3 is 2.44 bits per heavy atom. The first-order valence-electron chi connectivity index (χ1n) is 4.79. The molecule has 16 heavy (non-hydrogen) atoms. The van der Waals surface area contributed by atoms with Gasteiger partial charge >= 0.3 is 5.97 Å². The number of amides is 1. The molecule has 1 amide bonds. The summed E-state index contributed by atoms with van der Waals surface area (Å²) in [6.45, 7) is 0.462. The average Bonchev–Trinajstić information content (AvgIpc) is 2.27. The van der Waals surface area contributed by atoms with E-state index in [2.05, 4.69) is 0 Å². The highest BCUT2D eigenvalue weighted by Gasteiger charge is 2.05. The molecule has 0 aliphatic rings. The molecule has 0 heterocycles. The molecule has 4 nitrogen and oxygen atoms in total. The average molecular weight is 219 g/mol. The molecular weight excluding hydrogens is 206 g/mol. The second kappa shape index (κ2) is 5.70. The molecule has 1 aromatic rings. The standard InChI is InChI=1S/C12H13NO3/c1-13(11(14)7-8-12(15)16)9-10-5-3-2-4-6-10/h2-8H,9H2,1H3,(H,15,16). The van der Waals surface area contributed by atoms with Crippen LogP contribution in [0.25, 0.3) is 0 Å². The van der Waals surface area contributed by atoms with E-state index in [0.29, 0.717) is 6.54 Å². The lowest BCUT2D eigenvalue weighted by atomic mass is 10.2. The number of hydrogen-bond acceptors (Lipinski definition) is 2. The second-order valence-corrected chi connectivity index (χ2v) is 3.35. The van der Waals surface area contributed by atoms with Gasteiger partial charge in [0, 0.05) is 25.7 Å². The highest BCUT2D eigenvalue weighted by molar-refractivity contribution is 5.93. The van der Waals surface area contributed by atoms with Crippen LogP contribution in [0.4, 0.5) is 0 Å². The van der Waals surface area contributed by atoms with E-state index in [9.17, 15) is 9.59 Å². The Bertz CT molecular complexity index is 398. The van der Waals surface area contributed by atoms with Crippen LogP contribution < -0.4 is 0 Å². The smallest absolute Gasteiger partial charge is 0.328 e. The molecule has 0 aromatic heterocycles. The van der Waals surface area contributed by atoms with E-state index in [-0.39, 0.29) is 5.91 Å². The van der Waals surface area contributed by atoms with E-state index in [0.717, 1.165) is 17.7 Å². The van der Waals surface area contributed by atoms with Gasteiger partial charge in [-0.15, -0.1) is 0 Å². The normalized spacial score (nSPS) is 10.3. The van der Waals surface area contributed by atoms with E-state index < -0.39 is 5.97 Å². The molecular formula is C12H13NO3. The molecule has 0 aliphatic heterocycles. The molecule has 0 bridgehead atoms. The molecule has 0 saturated heterocycles. The van der Waals surface area contributed by atoms with Gasteiger partial charge in [0.15, 0.2) is 0 Å². The first kappa shape index (κ1) is 12.0. The quantitative estimate of drug-likeness (QED) is 0.776. The second-order valence-electron chi connectivity index (χ2n) is 3.35. The summed E-state index contributed by atoms with van der Waals surface area (Å²) in [5, 5.41) is 8.38. The number of nitrogens with zero attached hydrogens (tertiary/aromatic N) is 1. The van der Waals surface area contributed by atoms with Crippen LogP contribution in [0.15, 0.2) is 42.5 Å². The molecule has 0 spiro atoms. The highest BCUT2D eigenvalue weighted by Crippen LogP contribution is 2.02. The number of carbonyl (C=O) groups is 2. The molecule has 84 valence electrons. The van der Waals surface area contributed by atoms with E-state index in [1.165, 1.54) is 4.90 Å². The fraction of sp³-hybridized carbons (Fsp3) is 0.167. The van der Waals surface area contributed by atoms with Crippen molar-refractivity contribution < 1.29 is 14.7 Å². The van der Waals surface area contributed by atoms with Gasteiger partial charge in [0.05, 0.1) is 0 Å². The summed E-state index contributed by atoms with van der Waals surface area (Å²) in [5.41, 5.74) is 1.00. The Morgan fingerprint density at radius 2 is 1.88 bits per heavy atom. The van der Waals surface area contributed by atoms with Crippen molar-refractivity contribution in [3.05, 3.63) is 48.0 Å². The number of carboxylic acid groups (broad SMARTS) is 1. The maximum atomic E-state index is 11.4. The molecule has 1 N–H and O–H groups in total. The fourth-order valence-electron chi connectivity index (χ4n) is 1.21. The van der Waals surface area contributed by atoms with Crippen LogP contribution in [0, 0.1) is 0 Å². The van der Waals surface area contributed by atoms with E-state index >= 15 is 0 Å². The number of likely N-dealkylation sites (N-methyl/N-ethyl adjacent to an activating group) is 1. The van der Waals surface area contributed by atoms with Gasteiger partial charge in [-0.05, 0) is 5.56 Å². The molecule has 0 fully saturated rings. The van der Waals surface area contributed by atoms with Crippen molar-refractivity contribution >= 4 is 11.9 Å². The van der Waals surface area contributed by atoms with E-state index in [4.69, 9.17) is 5.11 Å². The van der Waals surface area contributed by atoms with Crippen molar-refractivity contribution in [2.45, 2.75) is 6.54 Å². The predicted molar refractivity (Wildman–Crippen MR) is 59.7 cm³/mol. The van der Waals surface area contributed by atoms with E-state index in [1.807, 2.05) is 30.3 Å². The minimum Gasteiger partial charge on any atom is -0.478 e. The van der Waals surface area contributed by atoms with Gasteiger partial charge < -0.3 is 10.0 Å². The van der Waals surface area contributed by atoms with Gasteiger partial charge in [0.25, 0.3) is 0 Å². The van der Waals surface area contributed by atoms with Crippen molar-refractivity contribution in [1.29, 1.82) is 0 Å². The largest absolute Gasteiger partial charge is 0.478 e. The SMILES string of the molecule is CN(Cc1ccccc1)C(=O)C=CC(=O)O. The molecule has 0 saturated carbocycles. The van der Waals surface area contributed by atoms with Crippen molar-refractivity contribution in [2.24, 2.45) is 0 Å². The van der Waals surface area contributed by atoms with Crippen LogP contribution in [-0.4, -0.2) is 28.9 Å². The monoisotopic (exact) mass is 219 g/mol. The minimum atomic E-state index is -1.12. The zero-order valence-corrected chi connectivity index (χ0v) is 8.96. The lowest BCUT2D eigenvalue weighted by Gasteiger charge is -2.14. The van der Waals surface area contributed by atoms with Gasteiger partial charge in [0.2, 0.25) is 5.91 Å². The first-order chi connectivity index (χ1) is 7.59. The Kier molecular flexibility index (Phi) is 4.27. The van der Waals surface area contributed by atoms with Crippen molar-refractivity contribution in [3.8, 4) is 0 Å². The summed E-state index contributed by atoms with van der Waals surface area (Å²) in [7, 11) is 1.63. The molecule has 4 heteroatoms. The number of rotatable bonds is 4. The minimum absolute atomic E-state index is 0.328. The highest BCUT2D eigenvalue weighted by atomic mass is 16.4. The molecule has 0 aliphatic carbocycles. The predicted octanol–water partition coefficient (Wildman–Crippen LogP) is 1.29. The summed E-state index contributed by atoms with van der Waals surface area (Å²) >= 11 is 0. The molecule has 1 aromatic carbocycles. The zero-order valence-electron chi connectivity index (χ0n) is 8.96. The molecule has 0 unspecified atom stereocenters. The number of carboxylic acids is 1. The van der Waals surface area contributed by atoms with Crippen molar-refractivity contribution in [1.82, 2.24) is 4.90 Å². The van der Waals surface area contributed by atoms with Crippen LogP contribution in [0.2, 0.25) is 0 Å². The lowest BCUT2D eigenvalue weighted by molar-refractivity contribution is -0.132. The Labute approximate surface area is 93.8 Å². The summed E-state index contributed by atoms with van der Waals surface area (Å²) < 4.78 is 0. The van der Waals surface area contributed by atoms with Gasteiger partial charge in [-0.1, -0.05) is 30.3 Å². The fourth-order valence-corrected chi connectivity index (χ4v) is 1.21. The third kappa shape index (κ3) is 3.96. The number of hydrogen-bond donors (Lipinski definition) is 1. The third-order valence-corrected chi connectivity index (χ3v) is 2.01. The van der Waals surface area contributed by atoms with Gasteiger partial charge in [-0.25, -0.2) is 4.79 Å². The topological polar surface area (TPSA) is 57.6 Å². The summed E-state index contributed by atoms with van der Waals surface area (Å²) in [4.78, 5) is 23.1. The van der Waals surface area contributed by atoms with Crippen LogP contribution in [0.5, 0.6) is 0 Å². The van der Waals surface area contributed by atoms with Crippen LogP contribution >= 0.6 is 0 Å². The maximum Gasteiger partial charge on any atom is 0.328 e. The maximum absolute atomic E-state index is 11.4. The summed E-state index contributed by atoms with van der Waals surface area (Å²) in [6.07, 6.45) is 1.88. The van der Waals surface area contributed by atoms with Crippen LogP contribution in [0.1, 0.15) is 5.56 Å². The molecule has 1 rings (SSSR count). The summed E-state index contributed by atoms with van der Waals surface area (Å²) in [6, 6.07) is 9.49. The summed E-state index contributed by atoms with van der Waals surface area (Å²) in [5.74, 6) is -1.45. The van der Waals surface area contributed by atoms with Gasteiger partial charge in [-0.3, -0.25) is 4.79 Å². The number of benzene rings is 1. The third-order valence-electron chi connectivity index (χ3n) is 2.01. The number of carbonyl (C=O) groups excluding carboxylic acids is 1. The number of aliphatic carboxylic acids is 1. The van der Waals surface area contributed by atoms with Crippen LogP contribution in [0.3, 0.4) is 0 Å². The van der Waals surface area contributed by atoms with Crippen molar-refractivity contribution in [3.63, 3.8) is 0 Å². The van der Waals surface area contributed by atoms with E-state index in [1.54, 1.807) is 7.05 Å². The Morgan fingerprint density at radius 1 is 1.25 bits per heavy atom. The van der Waals surface area contributed by atoms with Gasteiger partial charge in [0.1, 0.15) is 0 Å². The van der Waals surface area contributed by atoms with Crippen LogP contribution in [-0.2, 0) is 16.1 Å².